The van der Waals surface area contributed by atoms with E-state index in [9.17, 15) is 19.2 Å². The number of unbranched alkanes of at least 4 members (excludes halogenated alkanes) is 1. The number of thioether (sulfide) groups is 1. The average Bonchev–Trinajstić information content (AvgIpc) is 3.08. The minimum Gasteiger partial charge on any atom is -0.462 e. The van der Waals surface area contributed by atoms with E-state index in [0.29, 0.717) is 41.1 Å². The van der Waals surface area contributed by atoms with Crippen molar-refractivity contribution < 1.29 is 23.9 Å². The van der Waals surface area contributed by atoms with Gasteiger partial charge >= 0.3 is 5.97 Å². The Morgan fingerprint density at radius 3 is 2.33 bits per heavy atom. The van der Waals surface area contributed by atoms with E-state index in [4.69, 9.17) is 4.74 Å². The van der Waals surface area contributed by atoms with Crippen LogP contribution in [0.15, 0.2) is 114 Å². The normalized spacial score (nSPS) is 11.7. The summed E-state index contributed by atoms with van der Waals surface area (Å²) in [5, 5.41) is 8.06. The van der Waals surface area contributed by atoms with E-state index in [1.54, 1.807) is 103 Å². The number of amides is 3. The van der Waals surface area contributed by atoms with Crippen molar-refractivity contribution in [3.05, 3.63) is 126 Å². The van der Waals surface area contributed by atoms with Crippen molar-refractivity contribution in [2.24, 2.45) is 0 Å². The Balaban J connectivity index is 1.41. The van der Waals surface area contributed by atoms with Crippen molar-refractivity contribution in [3.63, 3.8) is 0 Å². The zero-order valence-corrected chi connectivity index (χ0v) is 26.5. The molecule has 0 bridgehead atoms. The van der Waals surface area contributed by atoms with Gasteiger partial charge in [-0.2, -0.15) is 0 Å². The molecular weight excluding hydrogens is 600 g/mol. The monoisotopic (exact) mass is 636 g/mol. The Labute approximate surface area is 272 Å². The van der Waals surface area contributed by atoms with Crippen molar-refractivity contribution in [2.45, 2.75) is 43.3 Å². The molecule has 0 radical (unpaired) electrons. The number of carbonyl (C=O) groups is 4. The van der Waals surface area contributed by atoms with E-state index in [-0.39, 0.29) is 11.6 Å². The molecule has 0 aliphatic carbocycles. The highest BCUT2D eigenvalue weighted by Crippen LogP contribution is 2.29. The number of hydrogen-bond acceptors (Lipinski definition) is 7. The van der Waals surface area contributed by atoms with Gasteiger partial charge in [0.05, 0.1) is 17.4 Å². The van der Waals surface area contributed by atoms with Crippen LogP contribution in [0.4, 0.5) is 11.4 Å². The molecule has 3 N–H and O–H groups in total. The highest BCUT2D eigenvalue weighted by atomic mass is 32.2. The predicted octanol–water partition coefficient (Wildman–Crippen LogP) is 6.96. The van der Waals surface area contributed by atoms with E-state index >= 15 is 0 Å². The smallest absolute Gasteiger partial charge is 0.338 e. The summed E-state index contributed by atoms with van der Waals surface area (Å²) in [4.78, 5) is 56.5. The molecule has 1 atom stereocenters. The molecule has 0 aliphatic heterocycles. The van der Waals surface area contributed by atoms with Gasteiger partial charge in [-0.3, -0.25) is 19.4 Å². The lowest BCUT2D eigenvalue weighted by molar-refractivity contribution is -0.116. The minimum absolute atomic E-state index is 0.0472. The second kappa shape index (κ2) is 17.3. The molecule has 236 valence electrons. The molecule has 0 aliphatic rings. The fourth-order valence-corrected chi connectivity index (χ4v) is 5.22. The van der Waals surface area contributed by atoms with Crippen molar-refractivity contribution in [1.29, 1.82) is 0 Å². The second-order valence-corrected chi connectivity index (χ2v) is 11.5. The summed E-state index contributed by atoms with van der Waals surface area (Å²) in [6.07, 6.45) is 7.07. The maximum absolute atomic E-state index is 13.4. The quantitative estimate of drug-likeness (QED) is 0.0591. The molecular formula is C36H36N4O5S. The second-order valence-electron chi connectivity index (χ2n) is 10.2. The summed E-state index contributed by atoms with van der Waals surface area (Å²) in [7, 11) is 0. The van der Waals surface area contributed by atoms with E-state index in [1.165, 1.54) is 11.8 Å². The Kier molecular flexibility index (Phi) is 12.7. The van der Waals surface area contributed by atoms with Crippen LogP contribution >= 0.6 is 11.8 Å². The number of esters is 1. The van der Waals surface area contributed by atoms with Crippen molar-refractivity contribution in [2.75, 3.05) is 17.2 Å². The van der Waals surface area contributed by atoms with E-state index in [0.717, 1.165) is 17.7 Å². The van der Waals surface area contributed by atoms with Crippen molar-refractivity contribution in [3.8, 4) is 0 Å². The van der Waals surface area contributed by atoms with Crippen molar-refractivity contribution >= 4 is 52.9 Å². The first-order valence-corrected chi connectivity index (χ1v) is 15.9. The zero-order chi connectivity index (χ0) is 32.7. The number of benzene rings is 3. The fraction of sp³-hybridized carbons (Fsp3) is 0.194. The lowest BCUT2D eigenvalue weighted by atomic mass is 10.2. The van der Waals surface area contributed by atoms with Gasteiger partial charge in [-0.1, -0.05) is 50.6 Å². The molecule has 10 heteroatoms. The molecule has 0 spiro atoms. The van der Waals surface area contributed by atoms with Gasteiger partial charge in [-0.15, -0.1) is 11.8 Å². The van der Waals surface area contributed by atoms with Gasteiger partial charge < -0.3 is 20.7 Å². The van der Waals surface area contributed by atoms with Crippen LogP contribution in [-0.2, 0) is 14.3 Å². The highest BCUT2D eigenvalue weighted by molar-refractivity contribution is 8.00. The number of hydrogen-bond donors (Lipinski definition) is 3. The third kappa shape index (κ3) is 10.2. The Bertz CT molecular complexity index is 1660. The van der Waals surface area contributed by atoms with Crippen LogP contribution in [-0.4, -0.2) is 40.5 Å². The molecule has 0 fully saturated rings. The fourth-order valence-electron chi connectivity index (χ4n) is 4.21. The third-order valence-electron chi connectivity index (χ3n) is 6.68. The SMILES string of the molecule is CCCCOC(=O)c1ccc(NC(=O)C(CC)Sc2cccc(NC(=O)/C(=C/c3cccnc3)NC(=O)c3ccccc3)c2)cc1. The molecule has 3 aromatic carbocycles. The third-order valence-corrected chi connectivity index (χ3v) is 8.03. The Morgan fingerprint density at radius 1 is 0.848 bits per heavy atom. The summed E-state index contributed by atoms with van der Waals surface area (Å²) < 4.78 is 5.24. The molecule has 46 heavy (non-hydrogen) atoms. The highest BCUT2D eigenvalue weighted by Gasteiger charge is 2.20. The summed E-state index contributed by atoms with van der Waals surface area (Å²) >= 11 is 1.37. The van der Waals surface area contributed by atoms with Crippen LogP contribution in [0, 0.1) is 0 Å². The molecule has 9 nitrogen and oxygen atoms in total. The summed E-state index contributed by atoms with van der Waals surface area (Å²) in [6, 6.07) is 25.9. The first kappa shape index (κ1) is 33.7. The van der Waals surface area contributed by atoms with Crippen LogP contribution in [0.1, 0.15) is 59.4 Å². The van der Waals surface area contributed by atoms with Gasteiger partial charge in [-0.05, 0) is 85.1 Å². The van der Waals surface area contributed by atoms with Gasteiger partial charge in [0.15, 0.2) is 0 Å². The number of anilines is 2. The number of nitrogens with one attached hydrogen (secondary N) is 3. The lowest BCUT2D eigenvalue weighted by Gasteiger charge is -2.16. The van der Waals surface area contributed by atoms with Crippen molar-refractivity contribution in [1.82, 2.24) is 10.3 Å². The summed E-state index contributed by atoms with van der Waals surface area (Å²) in [6.45, 7) is 4.32. The Hall–Kier alpha value is -5.22. The van der Waals surface area contributed by atoms with Gasteiger partial charge in [-0.25, -0.2) is 4.79 Å². The first-order valence-electron chi connectivity index (χ1n) is 15.0. The van der Waals surface area contributed by atoms with Crippen LogP contribution in [0.2, 0.25) is 0 Å². The predicted molar refractivity (Wildman–Crippen MR) is 181 cm³/mol. The van der Waals surface area contributed by atoms with Crippen LogP contribution in [0.5, 0.6) is 0 Å². The summed E-state index contributed by atoms with van der Waals surface area (Å²) in [5.74, 6) is -1.52. The Morgan fingerprint density at radius 2 is 1.63 bits per heavy atom. The molecule has 0 saturated heterocycles. The van der Waals surface area contributed by atoms with E-state index in [2.05, 4.69) is 20.9 Å². The number of carbonyl (C=O) groups excluding carboxylic acids is 4. The molecule has 3 amide bonds. The van der Waals surface area contributed by atoms with Gasteiger partial charge in [0.25, 0.3) is 11.8 Å². The molecule has 1 aromatic heterocycles. The number of nitrogens with zero attached hydrogens (tertiary/aromatic N) is 1. The van der Waals surface area contributed by atoms with Gasteiger partial charge in [0, 0.05) is 34.2 Å². The van der Waals surface area contributed by atoms with Gasteiger partial charge in [0.2, 0.25) is 5.91 Å². The van der Waals surface area contributed by atoms with Crippen LogP contribution in [0.25, 0.3) is 6.08 Å². The van der Waals surface area contributed by atoms with Gasteiger partial charge in [0.1, 0.15) is 5.70 Å². The lowest BCUT2D eigenvalue weighted by Crippen LogP contribution is -2.30. The zero-order valence-electron chi connectivity index (χ0n) is 25.7. The number of pyridine rings is 1. The standard InChI is InChI=1S/C36H36N4O5S/c1-3-5-21-45-36(44)27-16-18-28(19-17-27)38-35(43)32(4-2)46-30-15-9-14-29(23-30)39-34(42)31(22-25-11-10-20-37-24-25)40-33(41)26-12-7-6-8-13-26/h6-20,22-24,32H,3-5,21H2,1-2H3,(H,38,43)(H,39,42)(H,40,41)/b31-22-. The van der Waals surface area contributed by atoms with E-state index in [1.807, 2.05) is 19.9 Å². The average molecular weight is 637 g/mol. The number of rotatable bonds is 14. The maximum atomic E-state index is 13.4. The molecule has 0 saturated carbocycles. The topological polar surface area (TPSA) is 126 Å². The largest absolute Gasteiger partial charge is 0.462 e. The van der Waals surface area contributed by atoms with E-state index < -0.39 is 23.0 Å². The molecule has 1 unspecified atom stereocenters. The summed E-state index contributed by atoms with van der Waals surface area (Å²) in [5.41, 5.74) is 2.59. The molecule has 1 heterocycles. The number of aromatic nitrogens is 1. The first-order chi connectivity index (χ1) is 22.4. The van der Waals surface area contributed by atoms with Crippen LogP contribution < -0.4 is 16.0 Å². The molecule has 4 rings (SSSR count). The van der Waals surface area contributed by atoms with Crippen LogP contribution in [0.3, 0.4) is 0 Å². The maximum Gasteiger partial charge on any atom is 0.338 e. The minimum atomic E-state index is -0.516. The molecule has 4 aromatic rings. The number of ether oxygens (including phenoxy) is 1.